The van der Waals surface area contributed by atoms with Gasteiger partial charge in [0.2, 0.25) is 0 Å². The summed E-state index contributed by atoms with van der Waals surface area (Å²) < 4.78 is 5.68. The molecule has 0 fully saturated rings. The number of aliphatic carboxylic acids is 1. The molecule has 2 amide bonds. The molecule has 2 aromatic rings. The van der Waals surface area contributed by atoms with Gasteiger partial charge in [0.15, 0.2) is 6.73 Å². The van der Waals surface area contributed by atoms with Gasteiger partial charge in [0.05, 0.1) is 6.42 Å². The molecule has 0 aliphatic carbocycles. The fraction of sp³-hybridized carbons (Fsp3) is 0.263. The zero-order chi connectivity index (χ0) is 18.4. The lowest BCUT2D eigenvalue weighted by Gasteiger charge is -2.14. The van der Waals surface area contributed by atoms with Crippen LogP contribution in [0.2, 0.25) is 0 Å². The second-order valence-corrected chi connectivity index (χ2v) is 5.84. The number of urea groups is 1. The normalized spacial score (nSPS) is 10.2. The van der Waals surface area contributed by atoms with Crippen LogP contribution in [0.3, 0.4) is 0 Å². The van der Waals surface area contributed by atoms with E-state index in [0.717, 1.165) is 22.4 Å². The molecule has 0 spiro atoms. The molecule has 0 unspecified atom stereocenters. The van der Waals surface area contributed by atoms with Crippen LogP contribution in [0.5, 0.6) is 5.75 Å². The molecule has 6 heteroatoms. The van der Waals surface area contributed by atoms with Gasteiger partial charge in [-0.2, -0.15) is 0 Å². The summed E-state index contributed by atoms with van der Waals surface area (Å²) in [5.41, 5.74) is 4.45. The molecule has 3 N–H and O–H groups in total. The standard InChI is InChI=1S/C19H22N2O4/c1-12-4-5-13(2)18(14(12)3)25-11-20-19(24)21-16-8-6-15(7-9-16)10-17(22)23/h4-9H,10-11H2,1-3H3,(H,22,23)(H2,20,21,24). The largest absolute Gasteiger partial charge is 0.481 e. The molecule has 0 aliphatic rings. The molecule has 0 bridgehead atoms. The van der Waals surface area contributed by atoms with Crippen molar-refractivity contribution < 1.29 is 19.4 Å². The SMILES string of the molecule is Cc1ccc(C)c(OCNC(=O)Nc2ccc(CC(=O)O)cc2)c1C. The summed E-state index contributed by atoms with van der Waals surface area (Å²) >= 11 is 0. The summed E-state index contributed by atoms with van der Waals surface area (Å²) in [6, 6.07) is 10.3. The van der Waals surface area contributed by atoms with Crippen LogP contribution in [0.1, 0.15) is 22.3 Å². The first-order chi connectivity index (χ1) is 11.9. The van der Waals surface area contributed by atoms with Crippen molar-refractivity contribution in [3.8, 4) is 5.75 Å². The second-order valence-electron chi connectivity index (χ2n) is 5.84. The van der Waals surface area contributed by atoms with Crippen molar-refractivity contribution in [3.05, 3.63) is 58.7 Å². The van der Waals surface area contributed by atoms with Gasteiger partial charge < -0.3 is 20.5 Å². The first-order valence-electron chi connectivity index (χ1n) is 7.92. The lowest BCUT2D eigenvalue weighted by molar-refractivity contribution is -0.136. The van der Waals surface area contributed by atoms with Crippen LogP contribution >= 0.6 is 0 Å². The minimum absolute atomic E-state index is 0.0461. The van der Waals surface area contributed by atoms with E-state index in [1.807, 2.05) is 32.9 Å². The van der Waals surface area contributed by atoms with Crippen LogP contribution in [0.4, 0.5) is 10.5 Å². The molecule has 0 aliphatic heterocycles. The van der Waals surface area contributed by atoms with Crippen LogP contribution in [0.15, 0.2) is 36.4 Å². The van der Waals surface area contributed by atoms with Crippen LogP contribution in [-0.2, 0) is 11.2 Å². The van der Waals surface area contributed by atoms with Crippen molar-refractivity contribution >= 4 is 17.7 Å². The highest BCUT2D eigenvalue weighted by molar-refractivity contribution is 5.89. The first-order valence-corrected chi connectivity index (χ1v) is 7.92. The molecule has 2 rings (SSSR count). The predicted molar refractivity (Wildman–Crippen MR) is 96.1 cm³/mol. The molecule has 0 radical (unpaired) electrons. The van der Waals surface area contributed by atoms with E-state index in [2.05, 4.69) is 10.6 Å². The summed E-state index contributed by atoms with van der Waals surface area (Å²) in [4.78, 5) is 22.5. The van der Waals surface area contributed by atoms with Crippen LogP contribution in [0.25, 0.3) is 0 Å². The van der Waals surface area contributed by atoms with Crippen LogP contribution < -0.4 is 15.4 Å². The molecular formula is C19H22N2O4. The Morgan fingerprint density at radius 2 is 1.64 bits per heavy atom. The summed E-state index contributed by atoms with van der Waals surface area (Å²) in [5, 5.41) is 14.0. The van der Waals surface area contributed by atoms with Gasteiger partial charge >= 0.3 is 12.0 Å². The maximum Gasteiger partial charge on any atom is 0.321 e. The number of amides is 2. The number of nitrogens with one attached hydrogen (secondary N) is 2. The lowest BCUT2D eigenvalue weighted by atomic mass is 10.1. The van der Waals surface area contributed by atoms with Gasteiger partial charge in [-0.15, -0.1) is 0 Å². The molecule has 0 atom stereocenters. The van der Waals surface area contributed by atoms with E-state index in [-0.39, 0.29) is 13.2 Å². The van der Waals surface area contributed by atoms with Crippen molar-refractivity contribution in [3.63, 3.8) is 0 Å². The zero-order valence-corrected chi connectivity index (χ0v) is 14.6. The van der Waals surface area contributed by atoms with Gasteiger partial charge in [-0.1, -0.05) is 24.3 Å². The Labute approximate surface area is 146 Å². The van der Waals surface area contributed by atoms with Gasteiger partial charge in [0.25, 0.3) is 0 Å². The van der Waals surface area contributed by atoms with Gasteiger partial charge in [0, 0.05) is 5.69 Å². The third kappa shape index (κ3) is 5.24. The number of ether oxygens (including phenoxy) is 1. The van der Waals surface area contributed by atoms with E-state index in [9.17, 15) is 9.59 Å². The topological polar surface area (TPSA) is 87.7 Å². The number of hydrogen-bond acceptors (Lipinski definition) is 3. The fourth-order valence-electron chi connectivity index (χ4n) is 2.38. The van der Waals surface area contributed by atoms with E-state index in [0.29, 0.717) is 11.3 Å². The van der Waals surface area contributed by atoms with Crippen molar-refractivity contribution in [2.45, 2.75) is 27.2 Å². The Hall–Kier alpha value is -3.02. The van der Waals surface area contributed by atoms with E-state index in [1.165, 1.54) is 0 Å². The smallest absolute Gasteiger partial charge is 0.321 e. The Balaban J connectivity index is 1.85. The van der Waals surface area contributed by atoms with Crippen molar-refractivity contribution in [2.24, 2.45) is 0 Å². The molecule has 2 aromatic carbocycles. The van der Waals surface area contributed by atoms with Crippen LogP contribution in [0, 0.1) is 20.8 Å². The number of carbonyl (C=O) groups excluding carboxylic acids is 1. The van der Waals surface area contributed by atoms with Crippen molar-refractivity contribution in [1.29, 1.82) is 0 Å². The van der Waals surface area contributed by atoms with Gasteiger partial charge in [-0.3, -0.25) is 4.79 Å². The number of benzene rings is 2. The van der Waals surface area contributed by atoms with Gasteiger partial charge in [-0.25, -0.2) is 4.79 Å². The molecule has 132 valence electrons. The average molecular weight is 342 g/mol. The number of hydrogen-bond donors (Lipinski definition) is 3. The number of anilines is 1. The van der Waals surface area contributed by atoms with Gasteiger partial charge in [0.1, 0.15) is 5.75 Å². The summed E-state index contributed by atoms with van der Waals surface area (Å²) in [6.45, 7) is 6.00. The van der Waals surface area contributed by atoms with Crippen molar-refractivity contribution in [1.82, 2.24) is 5.32 Å². The summed E-state index contributed by atoms with van der Waals surface area (Å²) in [5.74, 6) is -0.115. The van der Waals surface area contributed by atoms with Crippen LogP contribution in [-0.4, -0.2) is 23.8 Å². The highest BCUT2D eigenvalue weighted by Crippen LogP contribution is 2.25. The zero-order valence-electron chi connectivity index (χ0n) is 14.6. The summed E-state index contributed by atoms with van der Waals surface area (Å²) in [6.07, 6.45) is -0.0461. The molecular weight excluding hydrogens is 320 g/mol. The second kappa shape index (κ2) is 8.19. The van der Waals surface area contributed by atoms with E-state index in [4.69, 9.17) is 9.84 Å². The Morgan fingerprint density at radius 3 is 2.28 bits per heavy atom. The highest BCUT2D eigenvalue weighted by atomic mass is 16.5. The average Bonchev–Trinajstić information content (AvgIpc) is 2.56. The maximum absolute atomic E-state index is 11.9. The number of carboxylic acid groups (broad SMARTS) is 1. The molecule has 25 heavy (non-hydrogen) atoms. The summed E-state index contributed by atoms with van der Waals surface area (Å²) in [7, 11) is 0. The molecule has 6 nitrogen and oxygen atoms in total. The maximum atomic E-state index is 11.9. The van der Waals surface area contributed by atoms with Gasteiger partial charge in [-0.05, 0) is 55.2 Å². The number of rotatable bonds is 6. The Bertz CT molecular complexity index is 770. The number of carboxylic acids is 1. The Morgan fingerprint density at radius 1 is 1.00 bits per heavy atom. The van der Waals surface area contributed by atoms with E-state index < -0.39 is 12.0 Å². The molecule has 0 heterocycles. The first kappa shape index (κ1) is 18.3. The van der Waals surface area contributed by atoms with E-state index in [1.54, 1.807) is 24.3 Å². The third-order valence-corrected chi connectivity index (χ3v) is 3.89. The molecule has 0 aromatic heterocycles. The minimum atomic E-state index is -0.891. The monoisotopic (exact) mass is 342 g/mol. The molecule has 0 saturated heterocycles. The molecule has 0 saturated carbocycles. The quantitative estimate of drug-likeness (QED) is 0.702. The highest BCUT2D eigenvalue weighted by Gasteiger charge is 2.08. The lowest BCUT2D eigenvalue weighted by Crippen LogP contribution is -2.32. The third-order valence-electron chi connectivity index (χ3n) is 3.89. The minimum Gasteiger partial charge on any atom is -0.481 e. The Kier molecular flexibility index (Phi) is 6.00. The number of carbonyl (C=O) groups is 2. The number of aryl methyl sites for hydroxylation is 2. The van der Waals surface area contributed by atoms with E-state index >= 15 is 0 Å². The van der Waals surface area contributed by atoms with Crippen molar-refractivity contribution in [2.75, 3.05) is 12.0 Å². The predicted octanol–water partition coefficient (Wildman–Crippen LogP) is 3.40. The fourth-order valence-corrected chi connectivity index (χ4v) is 2.38.